The summed E-state index contributed by atoms with van der Waals surface area (Å²) in [5.41, 5.74) is 5.03. The number of ether oxygens (including phenoxy) is 1. The molecule has 5 nitrogen and oxygen atoms in total. The van der Waals surface area contributed by atoms with E-state index in [0.29, 0.717) is 6.61 Å². The van der Waals surface area contributed by atoms with Crippen LogP contribution in [0.15, 0.2) is 30.5 Å². The number of hydrogen-bond acceptors (Lipinski definition) is 5. The fourth-order valence-corrected chi connectivity index (χ4v) is 3.96. The Morgan fingerprint density at radius 1 is 1.24 bits per heavy atom. The Labute approximate surface area is 149 Å². The van der Waals surface area contributed by atoms with Gasteiger partial charge in [0.15, 0.2) is 0 Å². The second-order valence-electron chi connectivity index (χ2n) is 7.66. The summed E-state index contributed by atoms with van der Waals surface area (Å²) in [4.78, 5) is 13.9. The molecule has 1 spiro atoms. The van der Waals surface area contributed by atoms with Crippen molar-refractivity contribution in [3.8, 4) is 0 Å². The van der Waals surface area contributed by atoms with Gasteiger partial charge in [0.2, 0.25) is 5.95 Å². The van der Waals surface area contributed by atoms with Crippen LogP contribution in [-0.2, 0) is 23.3 Å². The minimum atomic E-state index is 0.00593. The highest BCUT2D eigenvalue weighted by atomic mass is 16.5. The van der Waals surface area contributed by atoms with Crippen molar-refractivity contribution >= 4 is 5.95 Å². The molecule has 0 unspecified atom stereocenters. The van der Waals surface area contributed by atoms with Crippen molar-refractivity contribution in [2.75, 3.05) is 38.7 Å². The van der Waals surface area contributed by atoms with E-state index in [-0.39, 0.29) is 5.41 Å². The molecule has 4 rings (SSSR count). The maximum atomic E-state index is 5.93. The van der Waals surface area contributed by atoms with Gasteiger partial charge in [-0.25, -0.2) is 9.97 Å². The number of anilines is 1. The molecular formula is C20H26N4O. The number of nitrogens with zero attached hydrogens (tertiary/aromatic N) is 4. The topological polar surface area (TPSA) is 41.5 Å². The van der Waals surface area contributed by atoms with Gasteiger partial charge >= 0.3 is 0 Å². The zero-order chi connectivity index (χ0) is 17.4. The zero-order valence-corrected chi connectivity index (χ0v) is 15.3. The second-order valence-corrected chi connectivity index (χ2v) is 7.66. The van der Waals surface area contributed by atoms with E-state index in [9.17, 15) is 0 Å². The lowest BCUT2D eigenvalue weighted by Crippen LogP contribution is -2.40. The highest BCUT2D eigenvalue weighted by molar-refractivity contribution is 5.37. The molecule has 1 atom stereocenters. The minimum absolute atomic E-state index is 0.00593. The number of benzene rings is 1. The molecular weight excluding hydrogens is 312 g/mol. The van der Waals surface area contributed by atoms with Gasteiger partial charge in [-0.05, 0) is 25.5 Å². The van der Waals surface area contributed by atoms with Crippen LogP contribution in [0.4, 0.5) is 5.95 Å². The Hall–Kier alpha value is -1.98. The molecule has 1 saturated heterocycles. The van der Waals surface area contributed by atoms with Gasteiger partial charge in [0.05, 0.1) is 24.3 Å². The molecule has 0 aliphatic carbocycles. The third kappa shape index (κ3) is 3.14. The highest BCUT2D eigenvalue weighted by Crippen LogP contribution is 2.39. The van der Waals surface area contributed by atoms with Crippen LogP contribution in [0.3, 0.4) is 0 Å². The average Bonchev–Trinajstić information content (AvgIpc) is 3.00. The van der Waals surface area contributed by atoms with Crippen molar-refractivity contribution in [1.29, 1.82) is 0 Å². The molecule has 2 aliphatic heterocycles. The summed E-state index contributed by atoms with van der Waals surface area (Å²) in [6.45, 7) is 6.59. The first-order valence-electron chi connectivity index (χ1n) is 8.95. The molecule has 0 saturated carbocycles. The summed E-state index contributed by atoms with van der Waals surface area (Å²) in [6.07, 6.45) is 3.04. The predicted molar refractivity (Wildman–Crippen MR) is 98.8 cm³/mol. The first-order valence-corrected chi connectivity index (χ1v) is 8.95. The Morgan fingerprint density at radius 2 is 2.04 bits per heavy atom. The molecule has 0 amide bonds. The van der Waals surface area contributed by atoms with E-state index in [1.807, 2.05) is 25.2 Å². The van der Waals surface area contributed by atoms with Crippen molar-refractivity contribution < 1.29 is 4.74 Å². The molecule has 2 aliphatic rings. The van der Waals surface area contributed by atoms with E-state index >= 15 is 0 Å². The largest absolute Gasteiger partial charge is 0.376 e. The first-order chi connectivity index (χ1) is 12.1. The molecule has 5 heteroatoms. The molecule has 1 fully saturated rings. The average molecular weight is 338 g/mol. The molecule has 0 N–H and O–H groups in total. The fraction of sp³-hybridized carbons (Fsp3) is 0.500. The third-order valence-corrected chi connectivity index (χ3v) is 5.35. The van der Waals surface area contributed by atoms with Gasteiger partial charge in [0.25, 0.3) is 0 Å². The second kappa shape index (κ2) is 6.39. The van der Waals surface area contributed by atoms with E-state index in [1.54, 1.807) is 0 Å². The van der Waals surface area contributed by atoms with Gasteiger partial charge < -0.3 is 9.64 Å². The van der Waals surface area contributed by atoms with Crippen LogP contribution < -0.4 is 4.90 Å². The monoisotopic (exact) mass is 338 g/mol. The van der Waals surface area contributed by atoms with Crippen LogP contribution in [0.2, 0.25) is 0 Å². The van der Waals surface area contributed by atoms with Gasteiger partial charge in [-0.15, -0.1) is 0 Å². The highest BCUT2D eigenvalue weighted by Gasteiger charge is 2.44. The summed E-state index contributed by atoms with van der Waals surface area (Å²) in [6, 6.07) is 8.85. The third-order valence-electron chi connectivity index (χ3n) is 5.35. The number of hydrogen-bond donors (Lipinski definition) is 0. The Kier molecular flexibility index (Phi) is 4.21. The van der Waals surface area contributed by atoms with E-state index < -0.39 is 0 Å². The predicted octanol–water partition coefficient (Wildman–Crippen LogP) is 2.52. The molecule has 2 aromatic rings. The van der Waals surface area contributed by atoms with Crippen molar-refractivity contribution in [2.45, 2.75) is 31.9 Å². The van der Waals surface area contributed by atoms with E-state index in [2.05, 4.69) is 41.1 Å². The van der Waals surface area contributed by atoms with Crippen LogP contribution >= 0.6 is 0 Å². The standard InChI is InChI=1S/C20H26N4O/c1-15-4-6-16(7-5-15)11-24-9-8-20(13-24)14-25-12-17-10-21-19(23(2)3)22-18(17)20/h4-7,10H,8-9,11-14H2,1-3H3/t20-/m1/s1. The van der Waals surface area contributed by atoms with Crippen LogP contribution in [0, 0.1) is 6.92 Å². The minimum Gasteiger partial charge on any atom is -0.376 e. The summed E-state index contributed by atoms with van der Waals surface area (Å²) >= 11 is 0. The zero-order valence-electron chi connectivity index (χ0n) is 15.3. The lowest BCUT2D eigenvalue weighted by Gasteiger charge is -2.34. The maximum Gasteiger partial charge on any atom is 0.225 e. The molecule has 25 heavy (non-hydrogen) atoms. The van der Waals surface area contributed by atoms with Crippen LogP contribution in [0.5, 0.6) is 0 Å². The van der Waals surface area contributed by atoms with Gasteiger partial charge in [-0.2, -0.15) is 0 Å². The number of aryl methyl sites for hydroxylation is 1. The van der Waals surface area contributed by atoms with Crippen molar-refractivity contribution in [3.63, 3.8) is 0 Å². The van der Waals surface area contributed by atoms with Crippen molar-refractivity contribution in [2.24, 2.45) is 0 Å². The molecule has 3 heterocycles. The molecule has 1 aromatic heterocycles. The Bertz CT molecular complexity index is 759. The number of rotatable bonds is 3. The summed E-state index contributed by atoms with van der Waals surface area (Å²) < 4.78 is 5.93. The lowest BCUT2D eigenvalue weighted by atomic mass is 9.80. The molecule has 0 bridgehead atoms. The summed E-state index contributed by atoms with van der Waals surface area (Å²) in [7, 11) is 3.98. The smallest absolute Gasteiger partial charge is 0.225 e. The van der Waals surface area contributed by atoms with Crippen LogP contribution in [0.1, 0.15) is 28.8 Å². The number of likely N-dealkylation sites (tertiary alicyclic amines) is 1. The molecule has 132 valence electrons. The quantitative estimate of drug-likeness (QED) is 0.860. The van der Waals surface area contributed by atoms with Crippen molar-refractivity contribution in [3.05, 3.63) is 52.8 Å². The van der Waals surface area contributed by atoms with E-state index in [1.165, 1.54) is 16.8 Å². The Balaban J connectivity index is 1.58. The van der Waals surface area contributed by atoms with Gasteiger partial charge in [0, 0.05) is 38.9 Å². The Morgan fingerprint density at radius 3 is 2.80 bits per heavy atom. The SMILES string of the molecule is Cc1ccc(CN2CC[C@]3(COCc4cnc(N(C)C)nc43)C2)cc1. The van der Waals surface area contributed by atoms with Gasteiger partial charge in [-0.3, -0.25) is 4.90 Å². The van der Waals surface area contributed by atoms with E-state index in [4.69, 9.17) is 9.72 Å². The van der Waals surface area contributed by atoms with E-state index in [0.717, 1.165) is 44.2 Å². The maximum absolute atomic E-state index is 5.93. The van der Waals surface area contributed by atoms with Crippen LogP contribution in [-0.4, -0.2) is 48.7 Å². The van der Waals surface area contributed by atoms with Crippen LogP contribution in [0.25, 0.3) is 0 Å². The number of aromatic nitrogens is 2. The summed E-state index contributed by atoms with van der Waals surface area (Å²) in [5, 5.41) is 0. The number of fused-ring (bicyclic) bond motifs is 2. The van der Waals surface area contributed by atoms with Gasteiger partial charge in [0.1, 0.15) is 0 Å². The van der Waals surface area contributed by atoms with Crippen molar-refractivity contribution in [1.82, 2.24) is 14.9 Å². The fourth-order valence-electron chi connectivity index (χ4n) is 3.96. The van der Waals surface area contributed by atoms with Gasteiger partial charge in [-0.1, -0.05) is 29.8 Å². The molecule has 1 aromatic carbocycles. The first kappa shape index (κ1) is 16.5. The summed E-state index contributed by atoms with van der Waals surface area (Å²) in [5.74, 6) is 0.789. The molecule has 0 radical (unpaired) electrons. The normalized spacial score (nSPS) is 23.0. The lowest BCUT2D eigenvalue weighted by molar-refractivity contribution is 0.0503.